The predicted molar refractivity (Wildman–Crippen MR) is 111 cm³/mol. The summed E-state index contributed by atoms with van der Waals surface area (Å²) in [6.45, 7) is 0.872. The lowest BCUT2D eigenvalue weighted by Gasteiger charge is -2.30. The molecule has 3 amide bonds. The summed E-state index contributed by atoms with van der Waals surface area (Å²) in [7, 11) is 0. The van der Waals surface area contributed by atoms with Gasteiger partial charge in [0.15, 0.2) is 0 Å². The Bertz CT molecular complexity index is 982. The van der Waals surface area contributed by atoms with Crippen molar-refractivity contribution in [2.45, 2.75) is 44.3 Å². The van der Waals surface area contributed by atoms with Crippen LogP contribution in [0.25, 0.3) is 0 Å². The largest absolute Gasteiger partial charge is 0.350 e. The first-order valence-corrected chi connectivity index (χ1v) is 11.2. The van der Waals surface area contributed by atoms with Gasteiger partial charge in [-0.1, -0.05) is 12.1 Å². The molecule has 2 aromatic rings. The molecule has 164 valence electrons. The van der Waals surface area contributed by atoms with Gasteiger partial charge in [-0.25, -0.2) is 8.78 Å². The number of benzene rings is 1. The van der Waals surface area contributed by atoms with E-state index in [2.05, 4.69) is 5.32 Å². The van der Waals surface area contributed by atoms with Crippen LogP contribution in [-0.2, 0) is 16.1 Å². The molecule has 0 saturated carbocycles. The van der Waals surface area contributed by atoms with E-state index in [1.165, 1.54) is 17.4 Å². The summed E-state index contributed by atoms with van der Waals surface area (Å²) in [5.74, 6) is -2.15. The van der Waals surface area contributed by atoms with E-state index in [1.807, 2.05) is 5.38 Å². The van der Waals surface area contributed by atoms with Crippen molar-refractivity contribution in [3.05, 3.63) is 57.8 Å². The van der Waals surface area contributed by atoms with E-state index in [1.54, 1.807) is 21.9 Å². The number of nitrogens with one attached hydrogen (secondary N) is 1. The number of hydrogen-bond acceptors (Lipinski definition) is 4. The summed E-state index contributed by atoms with van der Waals surface area (Å²) in [6.07, 6.45) is 2.50. The number of halogens is 2. The zero-order valence-electron chi connectivity index (χ0n) is 16.9. The Labute approximate surface area is 182 Å². The fourth-order valence-corrected chi connectivity index (χ4v) is 4.95. The van der Waals surface area contributed by atoms with Crippen molar-refractivity contribution in [2.75, 3.05) is 13.1 Å². The Balaban J connectivity index is 1.41. The normalized spacial score (nSPS) is 20.8. The van der Waals surface area contributed by atoms with E-state index in [0.717, 1.165) is 18.6 Å². The van der Waals surface area contributed by atoms with Crippen molar-refractivity contribution in [1.82, 2.24) is 15.1 Å². The summed E-state index contributed by atoms with van der Waals surface area (Å²) in [5.41, 5.74) is 0.175. The first kappa shape index (κ1) is 21.4. The lowest BCUT2D eigenvalue weighted by molar-refractivity contribution is -0.141. The standard InChI is InChI=1S/C22H23F2N3O3S/c23-15-8-7-14(16(24)12-15)13-25-20(28)17-4-1-9-26(17)21(29)18-5-2-10-27(18)22(30)19-6-3-11-31-19/h3,6-8,11-12,17-18H,1-2,4-5,9-10,13H2,(H,25,28)/t17-,18-/m0/s1. The highest BCUT2D eigenvalue weighted by molar-refractivity contribution is 7.12. The smallest absolute Gasteiger partial charge is 0.264 e. The molecule has 31 heavy (non-hydrogen) atoms. The maximum absolute atomic E-state index is 13.8. The molecule has 0 aliphatic carbocycles. The summed E-state index contributed by atoms with van der Waals surface area (Å²) < 4.78 is 26.9. The van der Waals surface area contributed by atoms with E-state index in [-0.39, 0.29) is 29.8 Å². The average molecular weight is 448 g/mol. The summed E-state index contributed by atoms with van der Waals surface area (Å²) in [4.78, 5) is 42.6. The highest BCUT2D eigenvalue weighted by atomic mass is 32.1. The van der Waals surface area contributed by atoms with Crippen molar-refractivity contribution in [3.8, 4) is 0 Å². The molecule has 6 nitrogen and oxygen atoms in total. The summed E-state index contributed by atoms with van der Waals surface area (Å²) in [6, 6.07) is 5.51. The lowest BCUT2D eigenvalue weighted by Crippen LogP contribution is -2.52. The van der Waals surface area contributed by atoms with Gasteiger partial charge in [-0.05, 0) is 43.2 Å². The molecule has 1 N–H and O–H groups in total. The summed E-state index contributed by atoms with van der Waals surface area (Å²) >= 11 is 1.34. The number of nitrogens with zero attached hydrogens (tertiary/aromatic N) is 2. The molecular weight excluding hydrogens is 424 g/mol. The van der Waals surface area contributed by atoms with Gasteiger partial charge in [0.1, 0.15) is 23.7 Å². The molecule has 2 aliphatic rings. The van der Waals surface area contributed by atoms with Gasteiger partial charge < -0.3 is 15.1 Å². The predicted octanol–water partition coefficient (Wildman–Crippen LogP) is 2.94. The van der Waals surface area contributed by atoms with E-state index in [9.17, 15) is 23.2 Å². The van der Waals surface area contributed by atoms with Gasteiger partial charge in [0, 0.05) is 31.3 Å². The topological polar surface area (TPSA) is 69.7 Å². The molecule has 3 heterocycles. The van der Waals surface area contributed by atoms with Crippen LogP contribution in [0.5, 0.6) is 0 Å². The fraction of sp³-hybridized carbons (Fsp3) is 0.409. The number of carbonyl (C=O) groups excluding carboxylic acids is 3. The van der Waals surface area contributed by atoms with Crippen LogP contribution >= 0.6 is 11.3 Å². The van der Waals surface area contributed by atoms with Gasteiger partial charge in [0.2, 0.25) is 11.8 Å². The van der Waals surface area contributed by atoms with E-state index >= 15 is 0 Å². The SMILES string of the molecule is O=C(NCc1ccc(F)cc1F)[C@@H]1CCCN1C(=O)[C@@H]1CCCN1C(=O)c1cccs1. The van der Waals surface area contributed by atoms with Crippen LogP contribution in [0.4, 0.5) is 8.78 Å². The molecular formula is C22H23F2N3O3S. The highest BCUT2D eigenvalue weighted by Gasteiger charge is 2.42. The molecule has 0 radical (unpaired) electrons. The Morgan fingerprint density at radius 1 is 1.03 bits per heavy atom. The molecule has 1 aromatic carbocycles. The van der Waals surface area contributed by atoms with Crippen LogP contribution in [-0.4, -0.2) is 52.7 Å². The number of rotatable bonds is 5. The molecule has 0 unspecified atom stereocenters. The molecule has 2 saturated heterocycles. The maximum Gasteiger partial charge on any atom is 0.264 e. The molecule has 2 fully saturated rings. The molecule has 9 heteroatoms. The second-order valence-corrected chi connectivity index (χ2v) is 8.72. The Morgan fingerprint density at radius 3 is 2.48 bits per heavy atom. The number of thiophene rings is 1. The second kappa shape index (κ2) is 9.13. The minimum Gasteiger partial charge on any atom is -0.350 e. The minimum atomic E-state index is -0.728. The monoisotopic (exact) mass is 447 g/mol. The fourth-order valence-electron chi connectivity index (χ4n) is 4.27. The van der Waals surface area contributed by atoms with Crippen LogP contribution in [0.3, 0.4) is 0 Å². The Morgan fingerprint density at radius 2 is 1.77 bits per heavy atom. The first-order valence-electron chi connectivity index (χ1n) is 10.3. The number of likely N-dealkylation sites (tertiary alicyclic amines) is 2. The zero-order valence-corrected chi connectivity index (χ0v) is 17.7. The third-order valence-electron chi connectivity index (χ3n) is 5.84. The maximum atomic E-state index is 13.8. The summed E-state index contributed by atoms with van der Waals surface area (Å²) in [5, 5.41) is 4.48. The van der Waals surface area contributed by atoms with Gasteiger partial charge in [-0.15, -0.1) is 11.3 Å². The van der Waals surface area contributed by atoms with E-state index in [0.29, 0.717) is 37.2 Å². The molecule has 2 aliphatic heterocycles. The van der Waals surface area contributed by atoms with Crippen LogP contribution in [0.1, 0.15) is 40.9 Å². The van der Waals surface area contributed by atoms with Crippen LogP contribution < -0.4 is 5.32 Å². The van der Waals surface area contributed by atoms with Gasteiger partial charge in [0.05, 0.1) is 4.88 Å². The number of hydrogen-bond donors (Lipinski definition) is 1. The van der Waals surface area contributed by atoms with Crippen LogP contribution in [0.2, 0.25) is 0 Å². The average Bonchev–Trinajstić information content (AvgIpc) is 3.53. The third kappa shape index (κ3) is 4.46. The van der Waals surface area contributed by atoms with Crippen molar-refractivity contribution in [1.29, 1.82) is 0 Å². The van der Waals surface area contributed by atoms with E-state index in [4.69, 9.17) is 0 Å². The van der Waals surface area contributed by atoms with Gasteiger partial charge in [-0.3, -0.25) is 14.4 Å². The lowest BCUT2D eigenvalue weighted by atomic mass is 10.1. The Kier molecular flexibility index (Phi) is 6.31. The van der Waals surface area contributed by atoms with Gasteiger partial charge in [0.25, 0.3) is 5.91 Å². The van der Waals surface area contributed by atoms with Crippen molar-refractivity contribution in [2.24, 2.45) is 0 Å². The van der Waals surface area contributed by atoms with Crippen molar-refractivity contribution in [3.63, 3.8) is 0 Å². The van der Waals surface area contributed by atoms with Crippen molar-refractivity contribution >= 4 is 29.1 Å². The van der Waals surface area contributed by atoms with Gasteiger partial charge in [-0.2, -0.15) is 0 Å². The van der Waals surface area contributed by atoms with Crippen LogP contribution in [0, 0.1) is 11.6 Å². The molecule has 4 rings (SSSR count). The highest BCUT2D eigenvalue weighted by Crippen LogP contribution is 2.27. The van der Waals surface area contributed by atoms with Gasteiger partial charge >= 0.3 is 0 Å². The molecule has 1 aromatic heterocycles. The first-order chi connectivity index (χ1) is 15.0. The van der Waals surface area contributed by atoms with Crippen molar-refractivity contribution < 1.29 is 23.2 Å². The third-order valence-corrected chi connectivity index (χ3v) is 6.70. The Hall–Kier alpha value is -2.81. The van der Waals surface area contributed by atoms with Crippen LogP contribution in [0.15, 0.2) is 35.7 Å². The molecule has 2 atom stereocenters. The van der Waals surface area contributed by atoms with E-state index < -0.39 is 23.7 Å². The molecule has 0 spiro atoms. The molecule has 0 bridgehead atoms. The number of amides is 3. The number of carbonyl (C=O) groups is 3. The quantitative estimate of drug-likeness (QED) is 0.766. The minimum absolute atomic E-state index is 0.0874. The second-order valence-electron chi connectivity index (χ2n) is 7.78. The zero-order chi connectivity index (χ0) is 22.0.